The Labute approximate surface area is 166 Å². The molecule has 1 amide bonds. The second-order valence-corrected chi connectivity index (χ2v) is 7.22. The molecule has 7 nitrogen and oxygen atoms in total. The SMILES string of the molecule is O=C(NOCCCC(CCCCOCC1CO1)OCC1CO1)c1ccccc1. The molecule has 3 atom stereocenters. The first-order chi connectivity index (χ1) is 13.8. The molecule has 7 heteroatoms. The molecule has 2 aliphatic rings. The first-order valence-corrected chi connectivity index (χ1v) is 10.2. The zero-order chi connectivity index (χ0) is 19.4. The monoisotopic (exact) mass is 393 g/mol. The van der Waals surface area contributed by atoms with E-state index in [0.717, 1.165) is 51.9 Å². The number of carbonyl (C=O) groups is 1. The number of rotatable bonds is 16. The summed E-state index contributed by atoms with van der Waals surface area (Å²) in [5, 5.41) is 0. The third kappa shape index (κ3) is 9.12. The molecule has 3 rings (SSSR count). The average Bonchev–Trinajstić information content (AvgIpc) is 3.63. The molecular weight excluding hydrogens is 362 g/mol. The molecule has 2 fully saturated rings. The molecule has 3 unspecified atom stereocenters. The molecule has 2 saturated heterocycles. The molecule has 1 aromatic carbocycles. The third-order valence-corrected chi connectivity index (χ3v) is 4.66. The minimum absolute atomic E-state index is 0.185. The number of ether oxygens (including phenoxy) is 4. The predicted octanol–water partition coefficient (Wildman–Crippen LogP) is 2.50. The zero-order valence-corrected chi connectivity index (χ0v) is 16.3. The molecule has 1 N–H and O–H groups in total. The van der Waals surface area contributed by atoms with E-state index in [0.29, 0.717) is 31.5 Å². The van der Waals surface area contributed by atoms with Gasteiger partial charge in [0.1, 0.15) is 12.2 Å². The minimum atomic E-state index is -0.226. The molecular formula is C21H31NO6. The van der Waals surface area contributed by atoms with Gasteiger partial charge in [0.05, 0.1) is 39.1 Å². The van der Waals surface area contributed by atoms with Crippen molar-refractivity contribution in [1.29, 1.82) is 0 Å². The summed E-state index contributed by atoms with van der Waals surface area (Å²) in [4.78, 5) is 17.2. The maximum atomic E-state index is 11.9. The van der Waals surface area contributed by atoms with Gasteiger partial charge in [0.25, 0.3) is 5.91 Å². The molecule has 28 heavy (non-hydrogen) atoms. The van der Waals surface area contributed by atoms with Gasteiger partial charge < -0.3 is 18.9 Å². The Balaban J connectivity index is 1.23. The van der Waals surface area contributed by atoms with E-state index in [1.54, 1.807) is 12.1 Å². The van der Waals surface area contributed by atoms with E-state index in [4.69, 9.17) is 23.8 Å². The molecule has 0 aliphatic carbocycles. The Hall–Kier alpha value is -1.51. The number of hydrogen-bond donors (Lipinski definition) is 1. The summed E-state index contributed by atoms with van der Waals surface area (Å²) >= 11 is 0. The lowest BCUT2D eigenvalue weighted by Gasteiger charge is -2.17. The van der Waals surface area contributed by atoms with Crippen LogP contribution in [0.1, 0.15) is 42.5 Å². The maximum absolute atomic E-state index is 11.9. The highest BCUT2D eigenvalue weighted by molar-refractivity contribution is 5.93. The Kier molecular flexibility index (Phi) is 9.19. The average molecular weight is 393 g/mol. The van der Waals surface area contributed by atoms with Gasteiger partial charge in [-0.15, -0.1) is 0 Å². The van der Waals surface area contributed by atoms with Crippen molar-refractivity contribution in [2.24, 2.45) is 0 Å². The Morgan fingerprint density at radius 3 is 2.46 bits per heavy atom. The van der Waals surface area contributed by atoms with Crippen molar-refractivity contribution in [3.8, 4) is 0 Å². The number of hydroxylamine groups is 1. The van der Waals surface area contributed by atoms with Crippen molar-refractivity contribution >= 4 is 5.91 Å². The highest BCUT2D eigenvalue weighted by Crippen LogP contribution is 2.16. The molecule has 0 saturated carbocycles. The topological polar surface area (TPSA) is 81.9 Å². The van der Waals surface area contributed by atoms with Gasteiger partial charge in [-0.25, -0.2) is 5.48 Å². The van der Waals surface area contributed by atoms with Crippen LogP contribution in [0.15, 0.2) is 30.3 Å². The van der Waals surface area contributed by atoms with Crippen molar-refractivity contribution < 1.29 is 28.6 Å². The highest BCUT2D eigenvalue weighted by Gasteiger charge is 2.24. The lowest BCUT2D eigenvalue weighted by molar-refractivity contribution is 0.00751. The van der Waals surface area contributed by atoms with E-state index in [1.807, 2.05) is 18.2 Å². The quantitative estimate of drug-likeness (QED) is 0.264. The van der Waals surface area contributed by atoms with Gasteiger partial charge >= 0.3 is 0 Å². The van der Waals surface area contributed by atoms with Crippen molar-refractivity contribution in [3.05, 3.63) is 35.9 Å². The van der Waals surface area contributed by atoms with Crippen LogP contribution in [0, 0.1) is 0 Å². The minimum Gasteiger partial charge on any atom is -0.379 e. The van der Waals surface area contributed by atoms with Crippen LogP contribution in [-0.2, 0) is 23.8 Å². The van der Waals surface area contributed by atoms with Crippen molar-refractivity contribution in [3.63, 3.8) is 0 Å². The Bertz CT molecular complexity index is 561. The van der Waals surface area contributed by atoms with Crippen LogP contribution in [0.3, 0.4) is 0 Å². The second kappa shape index (κ2) is 12.1. The number of unbranched alkanes of at least 4 members (excludes halogenated alkanes) is 1. The highest BCUT2D eigenvalue weighted by atomic mass is 16.7. The van der Waals surface area contributed by atoms with Crippen LogP contribution >= 0.6 is 0 Å². The molecule has 0 aromatic heterocycles. The summed E-state index contributed by atoms with van der Waals surface area (Å²) in [6, 6.07) is 9.03. The molecule has 1 aromatic rings. The summed E-state index contributed by atoms with van der Waals surface area (Å²) in [6.45, 7) is 4.25. The summed E-state index contributed by atoms with van der Waals surface area (Å²) in [5.41, 5.74) is 3.07. The van der Waals surface area contributed by atoms with Crippen LogP contribution in [-0.4, -0.2) is 63.9 Å². The second-order valence-electron chi connectivity index (χ2n) is 7.22. The van der Waals surface area contributed by atoms with Gasteiger partial charge in [0, 0.05) is 12.2 Å². The Morgan fingerprint density at radius 1 is 1.00 bits per heavy atom. The van der Waals surface area contributed by atoms with Crippen LogP contribution in [0.2, 0.25) is 0 Å². The fourth-order valence-corrected chi connectivity index (χ4v) is 2.82. The van der Waals surface area contributed by atoms with E-state index in [-0.39, 0.29) is 18.1 Å². The van der Waals surface area contributed by atoms with Crippen molar-refractivity contribution in [2.45, 2.75) is 50.4 Å². The number of benzene rings is 1. The summed E-state index contributed by atoms with van der Waals surface area (Å²) < 4.78 is 21.9. The van der Waals surface area contributed by atoms with E-state index in [2.05, 4.69) is 5.48 Å². The van der Waals surface area contributed by atoms with Crippen LogP contribution in [0.25, 0.3) is 0 Å². The van der Waals surface area contributed by atoms with Gasteiger partial charge in [0.2, 0.25) is 0 Å². The van der Waals surface area contributed by atoms with Crippen LogP contribution in [0.4, 0.5) is 0 Å². The standard InChI is InChI=1S/C21H31NO6/c23-21(17-7-2-1-3-8-17)22-28-12-6-10-18(25-15-20-16-27-20)9-4-5-11-24-13-19-14-26-19/h1-3,7-8,18-20H,4-6,9-16H2,(H,22,23). The lowest BCUT2D eigenvalue weighted by Crippen LogP contribution is -2.25. The van der Waals surface area contributed by atoms with Crippen LogP contribution < -0.4 is 5.48 Å². The Morgan fingerprint density at radius 2 is 1.71 bits per heavy atom. The van der Waals surface area contributed by atoms with E-state index < -0.39 is 0 Å². The van der Waals surface area contributed by atoms with Gasteiger partial charge in [-0.1, -0.05) is 18.2 Å². The lowest BCUT2D eigenvalue weighted by atomic mass is 10.1. The fraction of sp³-hybridized carbons (Fsp3) is 0.667. The smallest absolute Gasteiger partial charge is 0.274 e. The van der Waals surface area contributed by atoms with E-state index >= 15 is 0 Å². The number of epoxide rings is 2. The molecule has 0 bridgehead atoms. The number of nitrogens with one attached hydrogen (secondary N) is 1. The van der Waals surface area contributed by atoms with Gasteiger partial charge in [-0.3, -0.25) is 9.63 Å². The number of amides is 1. The first-order valence-electron chi connectivity index (χ1n) is 10.2. The van der Waals surface area contributed by atoms with E-state index in [9.17, 15) is 4.79 Å². The largest absolute Gasteiger partial charge is 0.379 e. The normalized spacial score (nSPS) is 21.3. The zero-order valence-electron chi connectivity index (χ0n) is 16.3. The van der Waals surface area contributed by atoms with Gasteiger partial charge in [0.15, 0.2) is 0 Å². The van der Waals surface area contributed by atoms with Crippen LogP contribution in [0.5, 0.6) is 0 Å². The van der Waals surface area contributed by atoms with Gasteiger partial charge in [-0.2, -0.15) is 0 Å². The fourth-order valence-electron chi connectivity index (χ4n) is 2.82. The molecule has 2 heterocycles. The molecule has 0 spiro atoms. The first kappa shape index (κ1) is 21.2. The molecule has 2 aliphatic heterocycles. The predicted molar refractivity (Wildman–Crippen MR) is 103 cm³/mol. The molecule has 156 valence electrons. The summed E-state index contributed by atoms with van der Waals surface area (Å²) in [6.07, 6.45) is 5.58. The van der Waals surface area contributed by atoms with Crippen molar-refractivity contribution in [1.82, 2.24) is 5.48 Å². The van der Waals surface area contributed by atoms with Crippen molar-refractivity contribution in [2.75, 3.05) is 39.6 Å². The van der Waals surface area contributed by atoms with Gasteiger partial charge in [-0.05, 0) is 44.2 Å². The number of carbonyl (C=O) groups excluding carboxylic acids is 1. The summed E-state index contributed by atoms with van der Waals surface area (Å²) in [5.74, 6) is -0.226. The molecule has 0 radical (unpaired) electrons. The summed E-state index contributed by atoms with van der Waals surface area (Å²) in [7, 11) is 0. The maximum Gasteiger partial charge on any atom is 0.274 e. The number of hydrogen-bond acceptors (Lipinski definition) is 6. The third-order valence-electron chi connectivity index (χ3n) is 4.66. The van der Waals surface area contributed by atoms with E-state index in [1.165, 1.54) is 0 Å².